The molecule has 0 spiro atoms. The van der Waals surface area contributed by atoms with E-state index in [9.17, 15) is 9.18 Å². The highest BCUT2D eigenvalue weighted by Crippen LogP contribution is 2.29. The van der Waals surface area contributed by atoms with Crippen molar-refractivity contribution in [2.75, 3.05) is 20.0 Å². The van der Waals surface area contributed by atoms with Gasteiger partial charge in [-0.2, -0.15) is 0 Å². The predicted molar refractivity (Wildman–Crippen MR) is 110 cm³/mol. The number of aromatic nitrogens is 2. The van der Waals surface area contributed by atoms with Crippen molar-refractivity contribution in [1.82, 2.24) is 14.9 Å². The molecule has 0 radical (unpaired) electrons. The first-order chi connectivity index (χ1) is 14.0. The minimum absolute atomic E-state index is 0.172. The number of halogens is 1. The Labute approximate surface area is 173 Å². The Kier molecular flexibility index (Phi) is 6.77. The number of aryl methyl sites for hydroxylation is 1. The number of methoxy groups -OCH3 is 2. The number of ether oxygens (including phenoxy) is 2. The lowest BCUT2D eigenvalue weighted by Crippen LogP contribution is -2.32. The van der Waals surface area contributed by atoms with Gasteiger partial charge in [0.1, 0.15) is 29.2 Å². The van der Waals surface area contributed by atoms with Crippen molar-refractivity contribution in [3.8, 4) is 11.5 Å². The fourth-order valence-corrected chi connectivity index (χ4v) is 3.54. The molecule has 0 aliphatic heterocycles. The fraction of sp³-hybridized carbons (Fsp3) is 0.238. The number of rotatable bonds is 8. The summed E-state index contributed by atoms with van der Waals surface area (Å²) in [6.07, 6.45) is 3.50. The first-order valence-electron chi connectivity index (χ1n) is 8.88. The average Bonchev–Trinajstić information content (AvgIpc) is 3.16. The lowest BCUT2D eigenvalue weighted by molar-refractivity contribution is -0.119. The maximum Gasteiger partial charge on any atom is 0.231 e. The van der Waals surface area contributed by atoms with E-state index in [-0.39, 0.29) is 17.5 Å². The van der Waals surface area contributed by atoms with Crippen molar-refractivity contribution < 1.29 is 18.7 Å². The first kappa shape index (κ1) is 20.7. The van der Waals surface area contributed by atoms with Crippen molar-refractivity contribution in [1.29, 1.82) is 0 Å². The predicted octanol–water partition coefficient (Wildman–Crippen LogP) is 3.57. The Hall–Kier alpha value is -3.00. The zero-order chi connectivity index (χ0) is 20.8. The van der Waals surface area contributed by atoms with Crippen LogP contribution < -0.4 is 14.8 Å². The van der Waals surface area contributed by atoms with Gasteiger partial charge in [0.25, 0.3) is 0 Å². The quantitative estimate of drug-likeness (QED) is 0.570. The fourth-order valence-electron chi connectivity index (χ4n) is 2.83. The van der Waals surface area contributed by atoms with E-state index in [4.69, 9.17) is 9.47 Å². The Morgan fingerprint density at radius 2 is 1.83 bits per heavy atom. The summed E-state index contributed by atoms with van der Waals surface area (Å²) in [5.74, 6) is 1.63. The van der Waals surface area contributed by atoms with Gasteiger partial charge >= 0.3 is 0 Å². The summed E-state index contributed by atoms with van der Waals surface area (Å²) in [7, 11) is 5.02. The summed E-state index contributed by atoms with van der Waals surface area (Å²) in [5, 5.41) is 3.03. The molecule has 6 nitrogen and oxygen atoms in total. The Morgan fingerprint density at radius 1 is 1.17 bits per heavy atom. The molecular formula is C21H22FN3O3S. The summed E-state index contributed by atoms with van der Waals surface area (Å²) in [5.41, 5.74) is 0.788. The first-order valence-corrected chi connectivity index (χ1v) is 9.86. The summed E-state index contributed by atoms with van der Waals surface area (Å²) in [6.45, 7) is 0. The molecule has 29 heavy (non-hydrogen) atoms. The highest BCUT2D eigenvalue weighted by molar-refractivity contribution is 8.00. The molecule has 3 aromatic rings. The van der Waals surface area contributed by atoms with Crippen molar-refractivity contribution in [3.63, 3.8) is 0 Å². The van der Waals surface area contributed by atoms with Gasteiger partial charge < -0.3 is 19.4 Å². The second kappa shape index (κ2) is 9.47. The number of amides is 1. The SMILES string of the molecule is COc1cc(OC)cc(C(NC(=O)CSc2ccc(F)cc2)c2nccn2C)c1. The molecule has 3 rings (SSSR count). The molecule has 0 aliphatic rings. The molecule has 8 heteroatoms. The van der Waals surface area contributed by atoms with Gasteiger partial charge in [-0.15, -0.1) is 11.8 Å². The van der Waals surface area contributed by atoms with Crippen LogP contribution in [0.25, 0.3) is 0 Å². The van der Waals surface area contributed by atoms with Gasteiger partial charge in [-0.3, -0.25) is 4.79 Å². The van der Waals surface area contributed by atoms with Gasteiger partial charge in [-0.25, -0.2) is 9.37 Å². The maximum atomic E-state index is 13.0. The smallest absolute Gasteiger partial charge is 0.231 e. The maximum absolute atomic E-state index is 13.0. The highest BCUT2D eigenvalue weighted by atomic mass is 32.2. The molecule has 152 valence electrons. The number of hydrogen-bond acceptors (Lipinski definition) is 5. The minimum Gasteiger partial charge on any atom is -0.497 e. The topological polar surface area (TPSA) is 65.4 Å². The normalized spacial score (nSPS) is 11.7. The van der Waals surface area contributed by atoms with E-state index in [2.05, 4.69) is 10.3 Å². The molecule has 1 atom stereocenters. The molecule has 2 aromatic carbocycles. The summed E-state index contributed by atoms with van der Waals surface area (Å²) < 4.78 is 25.6. The average molecular weight is 415 g/mol. The van der Waals surface area contributed by atoms with Crippen LogP contribution in [-0.4, -0.2) is 35.4 Å². The van der Waals surface area contributed by atoms with Crippen LogP contribution in [0.2, 0.25) is 0 Å². The van der Waals surface area contributed by atoms with Crippen LogP contribution in [0.4, 0.5) is 4.39 Å². The minimum atomic E-state index is -0.486. The Balaban J connectivity index is 1.82. The third-order valence-electron chi connectivity index (χ3n) is 4.31. The van der Waals surface area contributed by atoms with Gasteiger partial charge in [-0.1, -0.05) is 0 Å². The van der Waals surface area contributed by atoms with Crippen LogP contribution in [0.15, 0.2) is 59.8 Å². The Morgan fingerprint density at radius 3 is 2.38 bits per heavy atom. The van der Waals surface area contributed by atoms with Gasteiger partial charge in [0.15, 0.2) is 0 Å². The van der Waals surface area contributed by atoms with E-state index in [1.807, 2.05) is 29.9 Å². The number of benzene rings is 2. The van der Waals surface area contributed by atoms with Crippen molar-refractivity contribution in [2.24, 2.45) is 7.05 Å². The number of nitrogens with one attached hydrogen (secondary N) is 1. The summed E-state index contributed by atoms with van der Waals surface area (Å²) in [4.78, 5) is 17.9. The zero-order valence-corrected chi connectivity index (χ0v) is 17.2. The molecule has 1 unspecified atom stereocenters. The van der Waals surface area contributed by atoms with Gasteiger partial charge in [-0.05, 0) is 42.0 Å². The number of nitrogens with zero attached hydrogens (tertiary/aromatic N) is 2. The third kappa shape index (κ3) is 5.29. The van der Waals surface area contributed by atoms with Crippen LogP contribution in [0, 0.1) is 5.82 Å². The molecular weight excluding hydrogens is 393 g/mol. The molecule has 1 heterocycles. The van der Waals surface area contributed by atoms with Crippen molar-refractivity contribution in [3.05, 3.63) is 72.1 Å². The number of imidazole rings is 1. The number of carbonyl (C=O) groups is 1. The molecule has 1 amide bonds. The van der Waals surface area contributed by atoms with E-state index in [0.717, 1.165) is 10.5 Å². The van der Waals surface area contributed by atoms with Crippen LogP contribution in [0.5, 0.6) is 11.5 Å². The molecule has 0 aliphatic carbocycles. The zero-order valence-electron chi connectivity index (χ0n) is 16.4. The second-order valence-electron chi connectivity index (χ2n) is 6.29. The molecule has 0 fully saturated rings. The van der Waals surface area contributed by atoms with E-state index < -0.39 is 6.04 Å². The van der Waals surface area contributed by atoms with Crippen LogP contribution in [0.3, 0.4) is 0 Å². The lowest BCUT2D eigenvalue weighted by Gasteiger charge is -2.20. The number of thioether (sulfide) groups is 1. The van der Waals surface area contributed by atoms with Crippen molar-refractivity contribution >= 4 is 17.7 Å². The van der Waals surface area contributed by atoms with Crippen LogP contribution in [0.1, 0.15) is 17.4 Å². The van der Waals surface area contributed by atoms with Gasteiger partial charge in [0, 0.05) is 30.4 Å². The van der Waals surface area contributed by atoms with Gasteiger partial charge in [0.05, 0.1) is 20.0 Å². The number of carbonyl (C=O) groups excluding carboxylic acids is 1. The van der Waals surface area contributed by atoms with Crippen molar-refractivity contribution in [2.45, 2.75) is 10.9 Å². The van der Waals surface area contributed by atoms with E-state index in [1.54, 1.807) is 38.6 Å². The third-order valence-corrected chi connectivity index (χ3v) is 5.32. The highest BCUT2D eigenvalue weighted by Gasteiger charge is 2.22. The van der Waals surface area contributed by atoms with Crippen LogP contribution in [-0.2, 0) is 11.8 Å². The van der Waals surface area contributed by atoms with Gasteiger partial charge in [0.2, 0.25) is 5.91 Å². The second-order valence-corrected chi connectivity index (χ2v) is 7.33. The Bertz CT molecular complexity index is 953. The van der Waals surface area contributed by atoms with E-state index in [1.165, 1.54) is 23.9 Å². The monoisotopic (exact) mass is 415 g/mol. The van der Waals surface area contributed by atoms with E-state index >= 15 is 0 Å². The van der Waals surface area contributed by atoms with Crippen LogP contribution >= 0.6 is 11.8 Å². The standard InChI is InChI=1S/C21H22FN3O3S/c1-25-9-8-23-21(25)20(14-10-16(27-2)12-17(11-14)28-3)24-19(26)13-29-18-6-4-15(22)5-7-18/h4-12,20H,13H2,1-3H3,(H,24,26). The summed E-state index contributed by atoms with van der Waals surface area (Å²) >= 11 is 1.34. The lowest BCUT2D eigenvalue weighted by atomic mass is 10.0. The molecule has 1 aromatic heterocycles. The number of hydrogen-bond donors (Lipinski definition) is 1. The van der Waals surface area contributed by atoms with E-state index in [0.29, 0.717) is 17.3 Å². The molecule has 1 N–H and O–H groups in total. The molecule has 0 saturated heterocycles. The summed E-state index contributed by atoms with van der Waals surface area (Å²) in [6, 6.07) is 11.0. The molecule has 0 bridgehead atoms. The molecule has 0 saturated carbocycles. The largest absolute Gasteiger partial charge is 0.497 e.